The van der Waals surface area contributed by atoms with Gasteiger partial charge in [0, 0.05) is 26.5 Å². The molecule has 0 radical (unpaired) electrons. The molecule has 154 valence electrons. The van der Waals surface area contributed by atoms with Crippen molar-refractivity contribution in [1.82, 2.24) is 10.6 Å². The SMILES string of the molecule is CCNC(=O)CCCCCOC(OC(CO)[C@@H](C)O)[C@H](CO)NC(C)=O. The van der Waals surface area contributed by atoms with Crippen LogP contribution in [-0.4, -0.2) is 78.0 Å². The molecule has 4 atom stereocenters. The Labute approximate surface area is 155 Å². The molecule has 0 saturated carbocycles. The third-order valence-electron chi connectivity index (χ3n) is 3.65. The molecule has 26 heavy (non-hydrogen) atoms. The predicted molar refractivity (Wildman–Crippen MR) is 95.2 cm³/mol. The van der Waals surface area contributed by atoms with Gasteiger partial charge in [-0.3, -0.25) is 9.59 Å². The van der Waals surface area contributed by atoms with Crippen LogP contribution in [-0.2, 0) is 19.1 Å². The average Bonchev–Trinajstić information content (AvgIpc) is 2.58. The van der Waals surface area contributed by atoms with Crippen molar-refractivity contribution < 1.29 is 34.4 Å². The number of amides is 2. The van der Waals surface area contributed by atoms with Gasteiger partial charge in [0.2, 0.25) is 11.8 Å². The summed E-state index contributed by atoms with van der Waals surface area (Å²) in [5.74, 6) is -0.343. The van der Waals surface area contributed by atoms with Crippen LogP contribution in [0, 0.1) is 0 Å². The van der Waals surface area contributed by atoms with Gasteiger partial charge < -0.3 is 35.4 Å². The van der Waals surface area contributed by atoms with Gasteiger partial charge in [0.15, 0.2) is 6.29 Å². The lowest BCUT2D eigenvalue weighted by Gasteiger charge is -2.30. The highest BCUT2D eigenvalue weighted by Crippen LogP contribution is 2.11. The fourth-order valence-electron chi connectivity index (χ4n) is 2.24. The monoisotopic (exact) mass is 378 g/mol. The number of ether oxygens (including phenoxy) is 2. The predicted octanol–water partition coefficient (Wildman–Crippen LogP) is -0.719. The van der Waals surface area contributed by atoms with Gasteiger partial charge >= 0.3 is 0 Å². The minimum Gasteiger partial charge on any atom is -0.394 e. The van der Waals surface area contributed by atoms with Gasteiger partial charge in [0.05, 0.1) is 19.3 Å². The molecule has 2 unspecified atom stereocenters. The van der Waals surface area contributed by atoms with E-state index in [9.17, 15) is 24.9 Å². The maximum absolute atomic E-state index is 11.4. The van der Waals surface area contributed by atoms with Crippen LogP contribution in [0.1, 0.15) is 46.5 Å². The van der Waals surface area contributed by atoms with Crippen LogP contribution in [0.4, 0.5) is 0 Å². The van der Waals surface area contributed by atoms with E-state index >= 15 is 0 Å². The van der Waals surface area contributed by atoms with E-state index in [0.29, 0.717) is 19.4 Å². The Morgan fingerprint density at radius 3 is 2.31 bits per heavy atom. The van der Waals surface area contributed by atoms with Crippen LogP contribution in [0.15, 0.2) is 0 Å². The van der Waals surface area contributed by atoms with Gasteiger partial charge in [-0.15, -0.1) is 0 Å². The fourth-order valence-corrected chi connectivity index (χ4v) is 2.24. The van der Waals surface area contributed by atoms with Gasteiger partial charge in [-0.1, -0.05) is 6.42 Å². The van der Waals surface area contributed by atoms with Gasteiger partial charge in [0.25, 0.3) is 0 Å². The van der Waals surface area contributed by atoms with Crippen molar-refractivity contribution in [3.63, 3.8) is 0 Å². The van der Waals surface area contributed by atoms with Crippen molar-refractivity contribution in [2.75, 3.05) is 26.4 Å². The molecule has 0 saturated heterocycles. The van der Waals surface area contributed by atoms with Gasteiger partial charge in [-0.2, -0.15) is 0 Å². The first-order chi connectivity index (χ1) is 12.3. The summed E-state index contributed by atoms with van der Waals surface area (Å²) in [4.78, 5) is 22.6. The molecule has 0 aliphatic heterocycles. The number of carbonyl (C=O) groups excluding carboxylic acids is 2. The first kappa shape index (κ1) is 24.7. The molecule has 9 nitrogen and oxygen atoms in total. The standard InChI is InChI=1S/C17H34N2O7/c1-4-18-16(24)8-6-5-7-9-25-17(14(10-20)19-13(3)23)26-15(11-21)12(2)22/h12,14-15,17,20-22H,4-11H2,1-3H3,(H,18,24)(H,19,23)/t12-,14+,15?,17?/m1/s1. The second-order valence-electron chi connectivity index (χ2n) is 6.09. The Morgan fingerprint density at radius 1 is 1.12 bits per heavy atom. The highest BCUT2D eigenvalue weighted by atomic mass is 16.7. The van der Waals surface area contributed by atoms with E-state index in [4.69, 9.17) is 9.47 Å². The molecule has 0 fully saturated rings. The second-order valence-corrected chi connectivity index (χ2v) is 6.09. The van der Waals surface area contributed by atoms with Crippen molar-refractivity contribution >= 4 is 11.8 Å². The molecule has 0 aromatic rings. The van der Waals surface area contributed by atoms with Crippen molar-refractivity contribution in [3.8, 4) is 0 Å². The zero-order chi connectivity index (χ0) is 19.9. The molecule has 0 aromatic carbocycles. The molecule has 0 aliphatic carbocycles. The first-order valence-corrected chi connectivity index (χ1v) is 9.06. The number of nitrogens with one attached hydrogen (secondary N) is 2. The van der Waals surface area contributed by atoms with Crippen LogP contribution in [0.2, 0.25) is 0 Å². The van der Waals surface area contributed by atoms with E-state index in [0.717, 1.165) is 12.8 Å². The van der Waals surface area contributed by atoms with E-state index in [1.165, 1.54) is 13.8 Å². The number of hydrogen-bond donors (Lipinski definition) is 5. The Balaban J connectivity index is 4.47. The molecule has 0 aromatic heterocycles. The van der Waals surface area contributed by atoms with E-state index in [1.807, 2.05) is 6.92 Å². The Morgan fingerprint density at radius 2 is 1.81 bits per heavy atom. The minimum absolute atomic E-state index is 0.0170. The Hall–Kier alpha value is -1.26. The molecular weight excluding hydrogens is 344 g/mol. The van der Waals surface area contributed by atoms with Crippen LogP contribution in [0.5, 0.6) is 0 Å². The maximum atomic E-state index is 11.4. The summed E-state index contributed by atoms with van der Waals surface area (Å²) >= 11 is 0. The van der Waals surface area contributed by atoms with E-state index < -0.39 is 37.8 Å². The zero-order valence-corrected chi connectivity index (χ0v) is 15.9. The van der Waals surface area contributed by atoms with E-state index in [2.05, 4.69) is 10.6 Å². The second kappa shape index (κ2) is 14.9. The number of aliphatic hydroxyl groups is 3. The Kier molecular flexibility index (Phi) is 14.1. The number of hydrogen-bond acceptors (Lipinski definition) is 7. The van der Waals surface area contributed by atoms with Crippen LogP contribution < -0.4 is 10.6 Å². The van der Waals surface area contributed by atoms with E-state index in [1.54, 1.807) is 0 Å². The molecule has 9 heteroatoms. The van der Waals surface area contributed by atoms with Gasteiger partial charge in [0.1, 0.15) is 12.1 Å². The van der Waals surface area contributed by atoms with Crippen molar-refractivity contribution in [1.29, 1.82) is 0 Å². The normalized spacial score (nSPS) is 15.8. The summed E-state index contributed by atoms with van der Waals surface area (Å²) in [5, 5.41) is 33.6. The molecule has 0 bridgehead atoms. The van der Waals surface area contributed by atoms with Crippen molar-refractivity contribution in [2.24, 2.45) is 0 Å². The minimum atomic E-state index is -1.01. The smallest absolute Gasteiger partial charge is 0.219 e. The third kappa shape index (κ3) is 11.4. The summed E-state index contributed by atoms with van der Waals surface area (Å²) in [7, 11) is 0. The van der Waals surface area contributed by atoms with Crippen LogP contribution in [0.3, 0.4) is 0 Å². The van der Waals surface area contributed by atoms with Crippen molar-refractivity contribution in [3.05, 3.63) is 0 Å². The lowest BCUT2D eigenvalue weighted by atomic mass is 10.2. The molecule has 0 aliphatic rings. The van der Waals surface area contributed by atoms with Crippen LogP contribution >= 0.6 is 0 Å². The molecule has 0 heterocycles. The molecule has 0 rings (SSSR count). The zero-order valence-electron chi connectivity index (χ0n) is 15.9. The van der Waals surface area contributed by atoms with Crippen LogP contribution in [0.25, 0.3) is 0 Å². The lowest BCUT2D eigenvalue weighted by molar-refractivity contribution is -0.214. The topological polar surface area (TPSA) is 137 Å². The lowest BCUT2D eigenvalue weighted by Crippen LogP contribution is -2.50. The number of unbranched alkanes of at least 4 members (excludes halogenated alkanes) is 2. The summed E-state index contributed by atoms with van der Waals surface area (Å²) in [6.45, 7) is 4.69. The molecule has 5 N–H and O–H groups in total. The Bertz CT molecular complexity index is 393. The number of rotatable bonds is 15. The maximum Gasteiger partial charge on any atom is 0.219 e. The highest BCUT2D eigenvalue weighted by molar-refractivity contribution is 5.75. The average molecular weight is 378 g/mol. The summed E-state index contributed by atoms with van der Waals surface area (Å²) in [6.07, 6.45) is -0.251. The molecule has 2 amide bonds. The van der Waals surface area contributed by atoms with Gasteiger partial charge in [-0.05, 0) is 26.7 Å². The molecular formula is C17H34N2O7. The van der Waals surface area contributed by atoms with E-state index in [-0.39, 0.29) is 18.4 Å². The van der Waals surface area contributed by atoms with Crippen molar-refractivity contribution in [2.45, 2.75) is 71.0 Å². The largest absolute Gasteiger partial charge is 0.394 e. The molecule has 0 spiro atoms. The van der Waals surface area contributed by atoms with Gasteiger partial charge in [-0.25, -0.2) is 0 Å². The summed E-state index contributed by atoms with van der Waals surface area (Å²) < 4.78 is 11.1. The first-order valence-electron chi connectivity index (χ1n) is 9.06. The highest BCUT2D eigenvalue weighted by Gasteiger charge is 2.28. The quantitative estimate of drug-likeness (QED) is 0.187. The summed E-state index contributed by atoms with van der Waals surface area (Å²) in [5.41, 5.74) is 0. The number of carbonyl (C=O) groups is 2. The fraction of sp³-hybridized carbons (Fsp3) is 0.882. The number of aliphatic hydroxyl groups excluding tert-OH is 3. The summed E-state index contributed by atoms with van der Waals surface area (Å²) in [6, 6.07) is -0.823. The third-order valence-corrected chi connectivity index (χ3v) is 3.65.